The van der Waals surface area contributed by atoms with E-state index in [-0.39, 0.29) is 5.41 Å². The lowest BCUT2D eigenvalue weighted by Gasteiger charge is -2.31. The minimum atomic E-state index is 0.118. The first-order valence-electron chi connectivity index (χ1n) is 8.37. The van der Waals surface area contributed by atoms with Crippen molar-refractivity contribution < 1.29 is 0 Å². The van der Waals surface area contributed by atoms with Crippen molar-refractivity contribution in [1.29, 1.82) is 0 Å². The van der Waals surface area contributed by atoms with Gasteiger partial charge >= 0.3 is 0 Å². The van der Waals surface area contributed by atoms with Gasteiger partial charge in [0.2, 0.25) is 0 Å². The van der Waals surface area contributed by atoms with Gasteiger partial charge < -0.3 is 10.2 Å². The Labute approximate surface area is 134 Å². The van der Waals surface area contributed by atoms with Gasteiger partial charge in [-0.25, -0.2) is 4.98 Å². The second-order valence-electron chi connectivity index (χ2n) is 7.20. The van der Waals surface area contributed by atoms with E-state index in [0.29, 0.717) is 6.04 Å². The number of hydrogen-bond acceptors (Lipinski definition) is 4. The summed E-state index contributed by atoms with van der Waals surface area (Å²) >= 11 is 1.88. The van der Waals surface area contributed by atoms with Crippen molar-refractivity contribution in [2.24, 2.45) is 0 Å². The van der Waals surface area contributed by atoms with Crippen molar-refractivity contribution in [3.8, 4) is 0 Å². The van der Waals surface area contributed by atoms with Crippen LogP contribution in [0, 0.1) is 0 Å². The molecular formula is C17H31N3S. The Morgan fingerprint density at radius 1 is 1.24 bits per heavy atom. The maximum absolute atomic E-state index is 5.01. The number of nitrogens with zero attached hydrogens (tertiary/aromatic N) is 2. The van der Waals surface area contributed by atoms with Crippen LogP contribution < -0.4 is 10.2 Å². The zero-order chi connectivity index (χ0) is 15.5. The Morgan fingerprint density at radius 3 is 2.48 bits per heavy atom. The number of anilines is 1. The van der Waals surface area contributed by atoms with E-state index >= 15 is 0 Å². The van der Waals surface area contributed by atoms with Crippen LogP contribution in [0.2, 0.25) is 0 Å². The van der Waals surface area contributed by atoms with Crippen molar-refractivity contribution in [3.05, 3.63) is 10.6 Å². The molecule has 21 heavy (non-hydrogen) atoms. The molecule has 1 aliphatic rings. The number of nitrogens with one attached hydrogen (secondary N) is 1. The molecule has 1 heterocycles. The first kappa shape index (κ1) is 16.8. The van der Waals surface area contributed by atoms with Gasteiger partial charge in [0.25, 0.3) is 0 Å². The lowest BCUT2D eigenvalue weighted by molar-refractivity contribution is 0.427. The van der Waals surface area contributed by atoms with Crippen LogP contribution in [0.3, 0.4) is 0 Å². The predicted octanol–water partition coefficient (Wildman–Crippen LogP) is 4.32. The van der Waals surface area contributed by atoms with E-state index in [1.165, 1.54) is 47.8 Å². The summed E-state index contributed by atoms with van der Waals surface area (Å²) in [6.45, 7) is 10.9. The summed E-state index contributed by atoms with van der Waals surface area (Å²) in [5, 5.41) is 4.67. The number of thiazole rings is 1. The van der Waals surface area contributed by atoms with E-state index in [0.717, 1.165) is 13.1 Å². The molecule has 0 amide bonds. The smallest absolute Gasteiger partial charge is 0.185 e. The molecule has 1 aliphatic carbocycles. The maximum atomic E-state index is 5.01. The average molecular weight is 310 g/mol. The Morgan fingerprint density at radius 2 is 1.90 bits per heavy atom. The highest BCUT2D eigenvalue weighted by atomic mass is 32.1. The van der Waals surface area contributed by atoms with E-state index in [2.05, 4.69) is 45.0 Å². The number of hydrogen-bond donors (Lipinski definition) is 1. The first-order chi connectivity index (χ1) is 9.93. The number of aromatic nitrogens is 1. The fourth-order valence-corrected chi connectivity index (χ4v) is 4.33. The first-order valence-corrected chi connectivity index (χ1v) is 9.19. The van der Waals surface area contributed by atoms with E-state index < -0.39 is 0 Å². The lowest BCUT2D eigenvalue weighted by Crippen LogP contribution is -2.33. The highest BCUT2D eigenvalue weighted by Crippen LogP contribution is 2.35. The van der Waals surface area contributed by atoms with Crippen LogP contribution in [-0.4, -0.2) is 24.6 Å². The summed E-state index contributed by atoms with van der Waals surface area (Å²) in [5.74, 6) is 0. The maximum Gasteiger partial charge on any atom is 0.185 e. The average Bonchev–Trinajstić information content (AvgIpc) is 2.89. The zero-order valence-electron chi connectivity index (χ0n) is 14.3. The van der Waals surface area contributed by atoms with Gasteiger partial charge in [-0.2, -0.15) is 0 Å². The van der Waals surface area contributed by atoms with E-state index in [1.807, 2.05) is 11.3 Å². The van der Waals surface area contributed by atoms with Crippen LogP contribution in [-0.2, 0) is 12.0 Å². The molecule has 4 heteroatoms. The van der Waals surface area contributed by atoms with Gasteiger partial charge in [0.15, 0.2) is 5.13 Å². The van der Waals surface area contributed by atoms with Gasteiger partial charge in [-0.15, -0.1) is 11.3 Å². The van der Waals surface area contributed by atoms with Gasteiger partial charge in [-0.1, -0.05) is 47.0 Å². The molecule has 0 aliphatic heterocycles. The van der Waals surface area contributed by atoms with Gasteiger partial charge in [0.1, 0.15) is 0 Å². The van der Waals surface area contributed by atoms with E-state index in [1.54, 1.807) is 0 Å². The Balaban J connectivity index is 2.20. The summed E-state index contributed by atoms with van der Waals surface area (Å²) in [5.41, 5.74) is 1.39. The second kappa shape index (κ2) is 7.10. The van der Waals surface area contributed by atoms with Crippen molar-refractivity contribution in [2.45, 2.75) is 77.8 Å². The molecule has 2 rings (SSSR count). The predicted molar refractivity (Wildman–Crippen MR) is 93.5 cm³/mol. The molecule has 0 spiro atoms. The minimum Gasteiger partial charge on any atom is -0.348 e. The molecule has 120 valence electrons. The largest absolute Gasteiger partial charge is 0.348 e. The molecule has 1 aromatic rings. The number of rotatable bonds is 5. The fourth-order valence-electron chi connectivity index (χ4n) is 3.06. The second-order valence-corrected chi connectivity index (χ2v) is 8.26. The van der Waals surface area contributed by atoms with Crippen molar-refractivity contribution >= 4 is 16.5 Å². The Bertz CT molecular complexity index is 441. The van der Waals surface area contributed by atoms with Crippen LogP contribution in [0.1, 0.15) is 70.4 Å². The van der Waals surface area contributed by atoms with E-state index in [4.69, 9.17) is 4.98 Å². The van der Waals surface area contributed by atoms with Gasteiger partial charge in [0.05, 0.1) is 5.69 Å². The zero-order valence-corrected chi connectivity index (χ0v) is 15.1. The summed E-state index contributed by atoms with van der Waals surface area (Å²) in [7, 11) is 2.23. The van der Waals surface area contributed by atoms with Crippen LogP contribution in [0.25, 0.3) is 0 Å². The molecule has 0 atom stereocenters. The Hall–Kier alpha value is -0.610. The van der Waals surface area contributed by atoms with Crippen LogP contribution in [0.15, 0.2) is 0 Å². The standard InChI is InChI=1S/C17H31N3S/c1-6-18-12-14-15(17(2,3)4)19-16(21-14)20(5)13-10-8-7-9-11-13/h13,18H,6-12H2,1-5H3. The summed E-state index contributed by atoms with van der Waals surface area (Å²) in [6, 6.07) is 0.685. The van der Waals surface area contributed by atoms with Crippen molar-refractivity contribution in [3.63, 3.8) is 0 Å². The Kier molecular flexibility index (Phi) is 5.67. The topological polar surface area (TPSA) is 28.2 Å². The fraction of sp³-hybridized carbons (Fsp3) is 0.824. The van der Waals surface area contributed by atoms with Crippen molar-refractivity contribution in [2.75, 3.05) is 18.5 Å². The third-order valence-corrected chi connectivity index (χ3v) is 5.50. The molecule has 0 radical (unpaired) electrons. The lowest BCUT2D eigenvalue weighted by atomic mass is 9.91. The SMILES string of the molecule is CCNCc1sc(N(C)C2CCCCC2)nc1C(C)(C)C. The monoisotopic (exact) mass is 309 g/mol. The summed E-state index contributed by atoms with van der Waals surface area (Å²) < 4.78 is 0. The molecule has 0 aromatic carbocycles. The summed E-state index contributed by atoms with van der Waals surface area (Å²) in [6.07, 6.45) is 6.79. The molecule has 3 nitrogen and oxygen atoms in total. The normalized spacial score (nSPS) is 17.2. The summed E-state index contributed by atoms with van der Waals surface area (Å²) in [4.78, 5) is 8.86. The third kappa shape index (κ3) is 4.19. The van der Waals surface area contributed by atoms with Gasteiger partial charge in [-0.05, 0) is 19.4 Å². The molecule has 0 saturated heterocycles. The van der Waals surface area contributed by atoms with Gasteiger partial charge in [0, 0.05) is 29.9 Å². The highest BCUT2D eigenvalue weighted by Gasteiger charge is 2.26. The van der Waals surface area contributed by atoms with E-state index in [9.17, 15) is 0 Å². The molecule has 1 saturated carbocycles. The van der Waals surface area contributed by atoms with Gasteiger partial charge in [-0.3, -0.25) is 0 Å². The quantitative estimate of drug-likeness (QED) is 0.878. The highest BCUT2D eigenvalue weighted by molar-refractivity contribution is 7.15. The van der Waals surface area contributed by atoms with Crippen LogP contribution in [0.4, 0.5) is 5.13 Å². The third-order valence-electron chi connectivity index (χ3n) is 4.36. The molecule has 1 fully saturated rings. The molecule has 0 unspecified atom stereocenters. The van der Waals surface area contributed by atoms with Crippen molar-refractivity contribution in [1.82, 2.24) is 10.3 Å². The van der Waals surface area contributed by atoms with Crippen LogP contribution in [0.5, 0.6) is 0 Å². The molecule has 0 bridgehead atoms. The molecule has 1 N–H and O–H groups in total. The van der Waals surface area contributed by atoms with Crippen LogP contribution >= 0.6 is 11.3 Å². The minimum absolute atomic E-state index is 0.118. The molecular weight excluding hydrogens is 278 g/mol. The molecule has 1 aromatic heterocycles.